The zero-order valence-corrected chi connectivity index (χ0v) is 8.88. The van der Waals surface area contributed by atoms with Crippen molar-refractivity contribution in [1.82, 2.24) is 0 Å². The van der Waals surface area contributed by atoms with Gasteiger partial charge in [0.2, 0.25) is 5.51 Å². The van der Waals surface area contributed by atoms with Crippen LogP contribution in [0.15, 0.2) is 17.1 Å². The third-order valence-corrected chi connectivity index (χ3v) is 3.19. The van der Waals surface area contributed by atoms with Gasteiger partial charge in [0.05, 0.1) is 11.1 Å². The van der Waals surface area contributed by atoms with Crippen LogP contribution in [0.25, 0.3) is 0 Å². The molecule has 0 bridgehead atoms. The van der Waals surface area contributed by atoms with Crippen molar-refractivity contribution in [3.8, 4) is 0 Å². The molecule has 1 rings (SSSR count). The molecule has 0 aromatic carbocycles. The van der Waals surface area contributed by atoms with Gasteiger partial charge < -0.3 is 0 Å². The summed E-state index contributed by atoms with van der Waals surface area (Å²) in [5.74, 6) is -0.184. The molecule has 0 saturated carbocycles. The number of hydrogen-bond acceptors (Lipinski definition) is 3. The van der Waals surface area contributed by atoms with Crippen LogP contribution in [0.4, 0.5) is 0 Å². The summed E-state index contributed by atoms with van der Waals surface area (Å²) < 4.78 is 31.4. The summed E-state index contributed by atoms with van der Waals surface area (Å²) in [5.41, 5.74) is 1.91. The third kappa shape index (κ3) is 3.84. The lowest BCUT2D eigenvalue weighted by Crippen LogP contribution is -2.35. The van der Waals surface area contributed by atoms with Crippen LogP contribution < -0.4 is 4.57 Å². The molecule has 0 aliphatic carbocycles. The van der Waals surface area contributed by atoms with Crippen LogP contribution in [0.3, 0.4) is 0 Å². The molecular formula is C7H12NO3S2+. The first kappa shape index (κ1) is 10.6. The van der Waals surface area contributed by atoms with Crippen molar-refractivity contribution in [2.75, 3.05) is 5.75 Å². The first-order valence-electron chi connectivity index (χ1n) is 3.87. The monoisotopic (exact) mass is 222 g/mol. The number of rotatable bonds is 4. The minimum Gasteiger partial charge on any atom is -0.286 e. The number of nitrogens with zero attached hydrogens (tertiary/aromatic N) is 1. The van der Waals surface area contributed by atoms with Crippen LogP contribution in [-0.2, 0) is 10.1 Å². The quantitative estimate of drug-likeness (QED) is 0.607. The van der Waals surface area contributed by atoms with Crippen molar-refractivity contribution in [3.63, 3.8) is 0 Å². The van der Waals surface area contributed by atoms with Gasteiger partial charge >= 0.3 is 0 Å². The topological polar surface area (TPSA) is 58.3 Å². The fourth-order valence-electron chi connectivity index (χ4n) is 0.965. The predicted octanol–water partition coefficient (Wildman–Crippen LogP) is 0.875. The van der Waals surface area contributed by atoms with Gasteiger partial charge in [0.1, 0.15) is 0 Å². The standard InChI is InChI=1S/C7H11NO3S2/c1-7(2-5-13(9,10)11)8-3-4-12-6-8/h3-4,6-7H,2,5H2,1H3/p+1. The number of aromatic nitrogens is 1. The molecule has 0 amide bonds. The molecule has 74 valence electrons. The summed E-state index contributed by atoms with van der Waals surface area (Å²) in [4.78, 5) is 0. The van der Waals surface area contributed by atoms with Crippen molar-refractivity contribution >= 4 is 21.5 Å². The Morgan fingerprint density at radius 2 is 2.31 bits per heavy atom. The molecule has 1 aromatic rings. The van der Waals surface area contributed by atoms with Crippen molar-refractivity contribution < 1.29 is 17.5 Å². The van der Waals surface area contributed by atoms with E-state index in [4.69, 9.17) is 4.55 Å². The summed E-state index contributed by atoms with van der Waals surface area (Å²) >= 11 is 1.55. The number of hydrogen-bond donors (Lipinski definition) is 1. The molecule has 1 N–H and O–H groups in total. The lowest BCUT2D eigenvalue weighted by molar-refractivity contribution is -0.715. The van der Waals surface area contributed by atoms with Gasteiger partial charge in [0.15, 0.2) is 12.2 Å². The second-order valence-corrected chi connectivity index (χ2v) is 5.22. The van der Waals surface area contributed by atoms with Crippen LogP contribution in [0, 0.1) is 0 Å². The summed E-state index contributed by atoms with van der Waals surface area (Å²) in [6.07, 6.45) is 2.32. The average Bonchev–Trinajstić information content (AvgIpc) is 2.50. The smallest absolute Gasteiger partial charge is 0.265 e. The highest BCUT2D eigenvalue weighted by Crippen LogP contribution is 2.04. The Labute approximate surface area is 81.6 Å². The molecule has 13 heavy (non-hydrogen) atoms. The average molecular weight is 222 g/mol. The van der Waals surface area contributed by atoms with E-state index in [1.807, 2.05) is 28.6 Å². The second kappa shape index (κ2) is 4.17. The first-order valence-corrected chi connectivity index (χ1v) is 6.42. The summed E-state index contributed by atoms with van der Waals surface area (Å²) in [7, 11) is -3.82. The summed E-state index contributed by atoms with van der Waals surface area (Å²) in [6, 6.07) is 0.105. The van der Waals surface area contributed by atoms with Crippen LogP contribution in [0.2, 0.25) is 0 Å². The second-order valence-electron chi connectivity index (χ2n) is 2.90. The Bertz CT molecular complexity index is 344. The highest BCUT2D eigenvalue weighted by atomic mass is 32.2. The van der Waals surface area contributed by atoms with E-state index < -0.39 is 10.1 Å². The van der Waals surface area contributed by atoms with Gasteiger partial charge in [-0.15, -0.1) is 0 Å². The van der Waals surface area contributed by atoms with Crippen LogP contribution >= 0.6 is 11.3 Å². The van der Waals surface area contributed by atoms with Crippen LogP contribution in [0.5, 0.6) is 0 Å². The molecule has 1 atom stereocenters. The largest absolute Gasteiger partial charge is 0.286 e. The first-order chi connectivity index (χ1) is 5.99. The normalized spacial score (nSPS) is 14.3. The van der Waals surface area contributed by atoms with Crippen molar-refractivity contribution in [3.05, 3.63) is 17.1 Å². The molecule has 0 aliphatic heterocycles. The number of thiazole rings is 1. The minimum absolute atomic E-state index is 0.105. The van der Waals surface area contributed by atoms with Crippen molar-refractivity contribution in [2.24, 2.45) is 0 Å². The maximum Gasteiger partial charge on any atom is 0.265 e. The minimum atomic E-state index is -3.82. The summed E-state index contributed by atoms with van der Waals surface area (Å²) in [6.45, 7) is 1.91. The van der Waals surface area contributed by atoms with Crippen molar-refractivity contribution in [2.45, 2.75) is 19.4 Å². The van der Waals surface area contributed by atoms with Crippen LogP contribution in [0.1, 0.15) is 19.4 Å². The SMILES string of the molecule is CC(CCS(=O)(=O)O)[n+]1ccsc1. The molecule has 1 unspecified atom stereocenters. The molecular weight excluding hydrogens is 210 g/mol. The Hall–Kier alpha value is -0.460. The van der Waals surface area contributed by atoms with E-state index >= 15 is 0 Å². The van der Waals surface area contributed by atoms with Gasteiger partial charge in [-0.05, 0) is 6.92 Å². The molecule has 6 heteroatoms. The fourth-order valence-corrected chi connectivity index (χ4v) is 2.30. The van der Waals surface area contributed by atoms with E-state index in [9.17, 15) is 8.42 Å². The lowest BCUT2D eigenvalue weighted by Gasteiger charge is -2.02. The highest BCUT2D eigenvalue weighted by Gasteiger charge is 2.15. The van der Waals surface area contributed by atoms with E-state index in [0.717, 1.165) is 0 Å². The molecule has 1 heterocycles. The van der Waals surface area contributed by atoms with E-state index in [1.165, 1.54) is 0 Å². The lowest BCUT2D eigenvalue weighted by atomic mass is 10.3. The van der Waals surface area contributed by atoms with E-state index in [2.05, 4.69) is 0 Å². The molecule has 0 radical (unpaired) electrons. The maximum absolute atomic E-state index is 10.5. The Kier molecular flexibility index (Phi) is 3.40. The van der Waals surface area contributed by atoms with Gasteiger partial charge in [-0.1, -0.05) is 11.3 Å². The van der Waals surface area contributed by atoms with Gasteiger partial charge in [-0.25, -0.2) is 0 Å². The maximum atomic E-state index is 10.5. The van der Waals surface area contributed by atoms with Gasteiger partial charge in [0.25, 0.3) is 10.1 Å². The Morgan fingerprint density at radius 3 is 2.77 bits per heavy atom. The van der Waals surface area contributed by atoms with Gasteiger partial charge in [-0.3, -0.25) is 4.55 Å². The zero-order chi connectivity index (χ0) is 9.90. The molecule has 1 aromatic heterocycles. The Balaban J connectivity index is 2.48. The summed E-state index contributed by atoms with van der Waals surface area (Å²) in [5, 5.41) is 1.92. The third-order valence-electron chi connectivity index (χ3n) is 1.80. The molecule has 0 fully saturated rings. The molecule has 0 aliphatic rings. The Morgan fingerprint density at radius 1 is 1.62 bits per heavy atom. The van der Waals surface area contributed by atoms with Crippen LogP contribution in [-0.4, -0.2) is 18.7 Å². The van der Waals surface area contributed by atoms with E-state index in [0.29, 0.717) is 6.42 Å². The van der Waals surface area contributed by atoms with E-state index in [-0.39, 0.29) is 11.8 Å². The zero-order valence-electron chi connectivity index (χ0n) is 7.25. The van der Waals surface area contributed by atoms with Gasteiger partial charge in [-0.2, -0.15) is 13.0 Å². The highest BCUT2D eigenvalue weighted by molar-refractivity contribution is 7.85. The molecule has 0 saturated heterocycles. The van der Waals surface area contributed by atoms with E-state index in [1.54, 1.807) is 11.3 Å². The predicted molar refractivity (Wildman–Crippen MR) is 50.3 cm³/mol. The molecule has 0 spiro atoms. The fraction of sp³-hybridized carbons (Fsp3) is 0.571. The van der Waals surface area contributed by atoms with Gasteiger partial charge in [0, 0.05) is 6.42 Å². The van der Waals surface area contributed by atoms with Crippen molar-refractivity contribution in [1.29, 1.82) is 0 Å². The molecule has 4 nitrogen and oxygen atoms in total.